The van der Waals surface area contributed by atoms with Crippen molar-refractivity contribution >= 4 is 33.5 Å². The van der Waals surface area contributed by atoms with Crippen LogP contribution >= 0.6 is 0 Å². The summed E-state index contributed by atoms with van der Waals surface area (Å²) >= 11 is 0. The molecule has 0 spiro atoms. The van der Waals surface area contributed by atoms with Gasteiger partial charge in [0.05, 0.1) is 5.56 Å². The molecule has 1 aliphatic heterocycles. The number of rotatable bonds is 2. The molecule has 0 fully saturated rings. The van der Waals surface area contributed by atoms with E-state index in [-0.39, 0.29) is 5.97 Å². The van der Waals surface area contributed by atoms with Gasteiger partial charge in [-0.1, -0.05) is 36.4 Å². The van der Waals surface area contributed by atoms with E-state index >= 15 is 0 Å². The van der Waals surface area contributed by atoms with Gasteiger partial charge < -0.3 is 19.6 Å². The smallest absolute Gasteiger partial charge is 0.340 e. The second kappa shape index (κ2) is 7.01. The average Bonchev–Trinajstić information content (AvgIpc) is 3.38. The van der Waals surface area contributed by atoms with Gasteiger partial charge in [0, 0.05) is 69.7 Å². The van der Waals surface area contributed by atoms with Crippen LogP contribution < -0.4 is 5.73 Å². The molecule has 5 aromatic rings. The van der Waals surface area contributed by atoms with Crippen LogP contribution in [-0.4, -0.2) is 15.1 Å². The zero-order valence-electron chi connectivity index (χ0n) is 21.0. The molecule has 0 atom stereocenters. The minimum Gasteiger partial charge on any atom is -0.440 e. The van der Waals surface area contributed by atoms with Crippen LogP contribution in [0.3, 0.4) is 0 Å². The molecular formula is C30H29N3O2. The number of nitrogen functional groups attached to an aromatic ring is 1. The van der Waals surface area contributed by atoms with E-state index in [0.29, 0.717) is 11.3 Å². The number of carbonyl (C=O) groups excluding carboxylic acids is 1. The summed E-state index contributed by atoms with van der Waals surface area (Å²) in [5, 5.41) is 2.14. The number of esters is 1. The fraction of sp³-hybridized carbons (Fsp3) is 0.233. The monoisotopic (exact) mass is 463 g/mol. The Labute approximate surface area is 204 Å². The Balaban J connectivity index is 1.91. The first-order chi connectivity index (χ1) is 16.7. The number of hydrogen-bond donors (Lipinski definition) is 1. The highest BCUT2D eigenvalue weighted by atomic mass is 16.6. The standard InChI is InChI=1S/C30H29N3O2/c1-16-15-22-25(17(2)28(16)31)30(35-29(22)34,26-18(3)32(5)23-13-9-7-11-20(23)26)27-19(4)33(6)24-14-10-8-12-21(24)27/h7-15H,31H2,1-6H3. The van der Waals surface area contributed by atoms with E-state index in [9.17, 15) is 4.79 Å². The molecule has 0 unspecified atom stereocenters. The molecule has 1 aliphatic rings. The number of carbonyl (C=O) groups is 1. The molecular weight excluding hydrogens is 434 g/mol. The Morgan fingerprint density at radius 2 is 1.26 bits per heavy atom. The Morgan fingerprint density at radius 3 is 1.77 bits per heavy atom. The largest absolute Gasteiger partial charge is 0.440 e. The van der Waals surface area contributed by atoms with Gasteiger partial charge in [0.15, 0.2) is 5.60 Å². The Morgan fingerprint density at radius 1 is 0.771 bits per heavy atom. The summed E-state index contributed by atoms with van der Waals surface area (Å²) in [6.45, 7) is 8.17. The number of hydrogen-bond acceptors (Lipinski definition) is 3. The zero-order valence-corrected chi connectivity index (χ0v) is 21.0. The molecule has 0 saturated heterocycles. The molecule has 6 rings (SSSR count). The second-order valence-electron chi connectivity index (χ2n) is 9.80. The summed E-state index contributed by atoms with van der Waals surface area (Å²) in [5.41, 5.74) is 15.7. The third kappa shape index (κ3) is 2.50. The minimum absolute atomic E-state index is 0.314. The first kappa shape index (κ1) is 21.5. The predicted octanol–water partition coefficient (Wildman–Crippen LogP) is 5.95. The van der Waals surface area contributed by atoms with Crippen LogP contribution in [0.1, 0.15) is 49.6 Å². The van der Waals surface area contributed by atoms with Crippen LogP contribution in [0, 0.1) is 27.7 Å². The van der Waals surface area contributed by atoms with Crippen molar-refractivity contribution in [2.45, 2.75) is 33.3 Å². The van der Waals surface area contributed by atoms with Gasteiger partial charge in [-0.15, -0.1) is 0 Å². The summed E-state index contributed by atoms with van der Waals surface area (Å²) in [5.74, 6) is -0.314. The Hall–Kier alpha value is -3.99. The summed E-state index contributed by atoms with van der Waals surface area (Å²) in [7, 11) is 4.14. The average molecular weight is 464 g/mol. The summed E-state index contributed by atoms with van der Waals surface area (Å²) in [4.78, 5) is 13.7. The van der Waals surface area contributed by atoms with E-state index < -0.39 is 5.60 Å². The molecule has 0 bridgehead atoms. The van der Waals surface area contributed by atoms with E-state index in [1.54, 1.807) is 0 Å². The predicted molar refractivity (Wildman–Crippen MR) is 141 cm³/mol. The first-order valence-corrected chi connectivity index (χ1v) is 11.9. The SMILES string of the molecule is Cc1cc2c(c(C)c1N)C(c1c(C)n(C)c3ccccc13)(c1c(C)n(C)c3ccccc13)OC2=O. The van der Waals surface area contributed by atoms with Crippen molar-refractivity contribution in [3.05, 3.63) is 99.4 Å². The van der Waals surface area contributed by atoms with Crippen molar-refractivity contribution < 1.29 is 9.53 Å². The summed E-state index contributed by atoms with van der Waals surface area (Å²) in [6, 6.07) is 18.5. The lowest BCUT2D eigenvalue weighted by atomic mass is 9.75. The van der Waals surface area contributed by atoms with Gasteiger partial charge in [0.25, 0.3) is 0 Å². The van der Waals surface area contributed by atoms with Crippen LogP contribution in [0.25, 0.3) is 21.8 Å². The van der Waals surface area contributed by atoms with Gasteiger partial charge in [-0.05, 0) is 57.0 Å². The minimum atomic E-state index is -1.13. The maximum Gasteiger partial charge on any atom is 0.340 e. The number of aryl methyl sites for hydroxylation is 3. The van der Waals surface area contributed by atoms with Crippen molar-refractivity contribution in [2.75, 3.05) is 5.73 Å². The van der Waals surface area contributed by atoms with Gasteiger partial charge >= 0.3 is 5.97 Å². The first-order valence-electron chi connectivity index (χ1n) is 11.9. The number of benzene rings is 3. The molecule has 5 heteroatoms. The van der Waals surface area contributed by atoms with Crippen LogP contribution in [0.15, 0.2) is 54.6 Å². The molecule has 0 aliphatic carbocycles. The molecule has 0 radical (unpaired) electrons. The topological polar surface area (TPSA) is 62.2 Å². The van der Waals surface area contributed by atoms with Gasteiger partial charge in [-0.2, -0.15) is 0 Å². The van der Waals surface area contributed by atoms with Gasteiger partial charge in [0.1, 0.15) is 0 Å². The van der Waals surface area contributed by atoms with E-state index in [0.717, 1.165) is 61.0 Å². The number of aromatic nitrogens is 2. The molecule has 2 aromatic heterocycles. The Bertz CT molecular complexity index is 1630. The molecule has 5 nitrogen and oxygen atoms in total. The van der Waals surface area contributed by atoms with Crippen molar-refractivity contribution in [3.63, 3.8) is 0 Å². The fourth-order valence-corrected chi connectivity index (χ4v) is 6.27. The second-order valence-corrected chi connectivity index (χ2v) is 9.80. The highest BCUT2D eigenvalue weighted by Crippen LogP contribution is 2.55. The van der Waals surface area contributed by atoms with E-state index in [1.165, 1.54) is 0 Å². The highest BCUT2D eigenvalue weighted by Gasteiger charge is 2.54. The van der Waals surface area contributed by atoms with Crippen LogP contribution in [0.4, 0.5) is 5.69 Å². The number of fused-ring (bicyclic) bond motifs is 3. The normalized spacial score (nSPS) is 14.6. The van der Waals surface area contributed by atoms with Gasteiger partial charge in [-0.25, -0.2) is 4.79 Å². The number of nitrogens with two attached hydrogens (primary N) is 1. The maximum absolute atomic E-state index is 13.7. The zero-order chi connectivity index (χ0) is 24.8. The number of anilines is 1. The lowest BCUT2D eigenvalue weighted by Crippen LogP contribution is -2.32. The fourth-order valence-electron chi connectivity index (χ4n) is 6.27. The molecule has 0 saturated carbocycles. The molecule has 0 amide bonds. The van der Waals surface area contributed by atoms with Gasteiger partial charge in [0.2, 0.25) is 0 Å². The van der Waals surface area contributed by atoms with Crippen molar-refractivity contribution in [2.24, 2.45) is 14.1 Å². The number of para-hydroxylation sites is 2. The van der Waals surface area contributed by atoms with Crippen LogP contribution in [0.5, 0.6) is 0 Å². The quantitative estimate of drug-likeness (QED) is 0.260. The molecule has 2 N–H and O–H groups in total. The number of nitrogens with zero attached hydrogens (tertiary/aromatic N) is 2. The lowest BCUT2D eigenvalue weighted by Gasteiger charge is -2.32. The van der Waals surface area contributed by atoms with E-state index in [4.69, 9.17) is 10.5 Å². The third-order valence-electron chi connectivity index (χ3n) is 8.16. The van der Waals surface area contributed by atoms with Crippen molar-refractivity contribution in [3.8, 4) is 0 Å². The van der Waals surface area contributed by atoms with Crippen LogP contribution in [0.2, 0.25) is 0 Å². The number of ether oxygens (including phenoxy) is 1. The highest BCUT2D eigenvalue weighted by molar-refractivity contribution is 6.02. The molecule has 3 heterocycles. The van der Waals surface area contributed by atoms with Crippen molar-refractivity contribution in [1.29, 1.82) is 0 Å². The molecule has 35 heavy (non-hydrogen) atoms. The van der Waals surface area contributed by atoms with Gasteiger partial charge in [-0.3, -0.25) is 0 Å². The van der Waals surface area contributed by atoms with Crippen molar-refractivity contribution in [1.82, 2.24) is 9.13 Å². The van der Waals surface area contributed by atoms with E-state index in [2.05, 4.69) is 61.3 Å². The van der Waals surface area contributed by atoms with E-state index in [1.807, 2.05) is 44.2 Å². The Kier molecular flexibility index (Phi) is 4.32. The van der Waals surface area contributed by atoms with Crippen LogP contribution in [-0.2, 0) is 24.4 Å². The molecule has 3 aromatic carbocycles. The third-order valence-corrected chi connectivity index (χ3v) is 8.16. The number of cyclic esters (lactones) is 1. The summed E-state index contributed by atoms with van der Waals surface area (Å²) in [6.07, 6.45) is 0. The lowest BCUT2D eigenvalue weighted by molar-refractivity contribution is 0.0255. The summed E-state index contributed by atoms with van der Waals surface area (Å²) < 4.78 is 11.0. The molecule has 176 valence electrons. The maximum atomic E-state index is 13.7.